The summed E-state index contributed by atoms with van der Waals surface area (Å²) in [7, 11) is 1.61. The molecule has 0 unspecified atom stereocenters. The molecule has 2 aliphatic heterocycles. The summed E-state index contributed by atoms with van der Waals surface area (Å²) < 4.78 is 22.8. The fourth-order valence-electron chi connectivity index (χ4n) is 4.58. The number of hydrogen-bond donors (Lipinski definition) is 1. The van der Waals surface area contributed by atoms with Gasteiger partial charge in [-0.2, -0.15) is 0 Å². The van der Waals surface area contributed by atoms with Gasteiger partial charge < -0.3 is 29.0 Å². The molecule has 1 fully saturated rings. The first kappa shape index (κ1) is 22.3. The highest BCUT2D eigenvalue weighted by Crippen LogP contribution is 2.38. The predicted molar refractivity (Wildman–Crippen MR) is 126 cm³/mol. The fourth-order valence-corrected chi connectivity index (χ4v) is 4.58. The minimum Gasteiger partial charge on any atom is -0.493 e. The van der Waals surface area contributed by atoms with Crippen LogP contribution in [0.1, 0.15) is 51.9 Å². The van der Waals surface area contributed by atoms with Gasteiger partial charge in [0.05, 0.1) is 30.0 Å². The normalized spacial score (nSPS) is 19.6. The number of nitrogens with zero attached hydrogens (tertiary/aromatic N) is 2. The van der Waals surface area contributed by atoms with Crippen LogP contribution in [0.4, 0.5) is 5.69 Å². The number of carbonyl (C=O) groups excluding carboxylic acids is 1. The number of para-hydroxylation sites is 1. The average Bonchev–Trinajstić information content (AvgIpc) is 3.49. The molecule has 1 saturated heterocycles. The average molecular weight is 464 g/mol. The molecule has 8 heteroatoms. The second-order valence-electron chi connectivity index (χ2n) is 8.69. The van der Waals surface area contributed by atoms with E-state index in [9.17, 15) is 4.79 Å². The van der Waals surface area contributed by atoms with E-state index in [2.05, 4.69) is 10.5 Å². The Kier molecular flexibility index (Phi) is 6.15. The maximum atomic E-state index is 13.5. The lowest BCUT2D eigenvalue weighted by atomic mass is 10.0. The van der Waals surface area contributed by atoms with E-state index in [-0.39, 0.29) is 18.2 Å². The van der Waals surface area contributed by atoms with Gasteiger partial charge in [0.2, 0.25) is 0 Å². The zero-order valence-electron chi connectivity index (χ0n) is 19.7. The molecule has 2 aromatic carbocycles. The molecule has 8 nitrogen and oxygen atoms in total. The van der Waals surface area contributed by atoms with Gasteiger partial charge in [-0.25, -0.2) is 0 Å². The number of anilines is 1. The smallest absolute Gasteiger partial charge is 0.257 e. The van der Waals surface area contributed by atoms with Gasteiger partial charge in [0.15, 0.2) is 11.5 Å². The largest absolute Gasteiger partial charge is 0.493 e. The van der Waals surface area contributed by atoms with Gasteiger partial charge in [0.25, 0.3) is 5.91 Å². The standard InChI is InChI=1S/C26H29N3O5/c1-16-21(17(2)34-28-16)15-33-23-11-10-18(13-24(23)31-3)25-27-22-9-5-4-8-20(22)26(30)29(25)14-19-7-6-12-32-19/h4-5,8-11,13,19,25,27H,6-7,12,14-15H2,1-3H3/t19-,25+/m0/s1. The lowest BCUT2D eigenvalue weighted by molar-refractivity contribution is 0.0426. The number of amides is 1. The summed E-state index contributed by atoms with van der Waals surface area (Å²) in [6, 6.07) is 13.4. The summed E-state index contributed by atoms with van der Waals surface area (Å²) in [6.45, 7) is 5.35. The van der Waals surface area contributed by atoms with E-state index in [1.807, 2.05) is 61.2 Å². The summed E-state index contributed by atoms with van der Waals surface area (Å²) in [6.07, 6.45) is 1.66. The molecule has 0 saturated carbocycles. The highest BCUT2D eigenvalue weighted by atomic mass is 16.5. The lowest BCUT2D eigenvalue weighted by Crippen LogP contribution is -2.46. The SMILES string of the molecule is COc1cc([C@@H]2Nc3ccccc3C(=O)N2C[C@@H]2CCCO2)ccc1OCc1c(C)noc1C. The van der Waals surface area contributed by atoms with Crippen LogP contribution in [0, 0.1) is 13.8 Å². The molecule has 0 radical (unpaired) electrons. The third-order valence-corrected chi connectivity index (χ3v) is 6.50. The molecule has 34 heavy (non-hydrogen) atoms. The van der Waals surface area contributed by atoms with Crippen molar-refractivity contribution in [1.82, 2.24) is 10.1 Å². The molecule has 3 heterocycles. The Morgan fingerprint density at radius 2 is 2.03 bits per heavy atom. The second kappa shape index (κ2) is 9.38. The zero-order valence-corrected chi connectivity index (χ0v) is 19.7. The summed E-state index contributed by atoms with van der Waals surface area (Å²) in [5, 5.41) is 7.52. The van der Waals surface area contributed by atoms with Crippen molar-refractivity contribution in [3.63, 3.8) is 0 Å². The van der Waals surface area contributed by atoms with Gasteiger partial charge in [0, 0.05) is 18.8 Å². The van der Waals surface area contributed by atoms with E-state index in [1.54, 1.807) is 7.11 Å². The number of aromatic nitrogens is 1. The molecule has 5 rings (SSSR count). The Balaban J connectivity index is 1.43. The number of aryl methyl sites for hydroxylation is 2. The van der Waals surface area contributed by atoms with Gasteiger partial charge in [-0.05, 0) is 56.5 Å². The van der Waals surface area contributed by atoms with Gasteiger partial charge >= 0.3 is 0 Å². The Hall–Kier alpha value is -3.52. The highest BCUT2D eigenvalue weighted by molar-refractivity contribution is 6.01. The van der Waals surface area contributed by atoms with E-state index in [4.69, 9.17) is 18.7 Å². The van der Waals surface area contributed by atoms with Crippen LogP contribution in [0.3, 0.4) is 0 Å². The summed E-state index contributed by atoms with van der Waals surface area (Å²) in [4.78, 5) is 15.3. The molecule has 1 amide bonds. The number of methoxy groups -OCH3 is 1. The molecule has 178 valence electrons. The van der Waals surface area contributed by atoms with Crippen LogP contribution >= 0.6 is 0 Å². The Bertz CT molecular complexity index is 1170. The number of fused-ring (bicyclic) bond motifs is 1. The van der Waals surface area contributed by atoms with Gasteiger partial charge in [-0.1, -0.05) is 23.4 Å². The van der Waals surface area contributed by atoms with Crippen molar-refractivity contribution >= 4 is 11.6 Å². The Labute approximate surface area is 198 Å². The highest BCUT2D eigenvalue weighted by Gasteiger charge is 2.35. The molecular weight excluding hydrogens is 434 g/mol. The van der Waals surface area contributed by atoms with Crippen molar-refractivity contribution in [2.75, 3.05) is 25.6 Å². The van der Waals surface area contributed by atoms with Crippen LogP contribution in [0.25, 0.3) is 0 Å². The van der Waals surface area contributed by atoms with Crippen molar-refractivity contribution in [1.29, 1.82) is 0 Å². The number of hydrogen-bond acceptors (Lipinski definition) is 7. The lowest BCUT2D eigenvalue weighted by Gasteiger charge is -2.39. The van der Waals surface area contributed by atoms with Crippen LogP contribution in [0.5, 0.6) is 11.5 Å². The van der Waals surface area contributed by atoms with Crippen molar-refractivity contribution < 1.29 is 23.5 Å². The second-order valence-corrected chi connectivity index (χ2v) is 8.69. The Morgan fingerprint density at radius 1 is 1.18 bits per heavy atom. The van der Waals surface area contributed by atoms with Crippen molar-refractivity contribution in [3.05, 3.63) is 70.6 Å². The summed E-state index contributed by atoms with van der Waals surface area (Å²) in [5.41, 5.74) is 4.12. The van der Waals surface area contributed by atoms with E-state index < -0.39 is 0 Å². The monoisotopic (exact) mass is 463 g/mol. The van der Waals surface area contributed by atoms with Crippen molar-refractivity contribution in [2.24, 2.45) is 0 Å². The maximum Gasteiger partial charge on any atom is 0.257 e. The van der Waals surface area contributed by atoms with E-state index in [0.29, 0.717) is 30.2 Å². The Morgan fingerprint density at radius 3 is 2.76 bits per heavy atom. The predicted octanol–water partition coefficient (Wildman–Crippen LogP) is 4.62. The number of carbonyl (C=O) groups is 1. The number of benzene rings is 2. The van der Waals surface area contributed by atoms with Gasteiger partial charge in [0.1, 0.15) is 18.5 Å². The van der Waals surface area contributed by atoms with Crippen LogP contribution in [0.15, 0.2) is 47.0 Å². The third-order valence-electron chi connectivity index (χ3n) is 6.50. The van der Waals surface area contributed by atoms with Gasteiger partial charge in [-0.15, -0.1) is 0 Å². The molecule has 0 aliphatic carbocycles. The van der Waals surface area contributed by atoms with Crippen molar-refractivity contribution in [3.8, 4) is 11.5 Å². The molecule has 2 aliphatic rings. The molecule has 3 aromatic rings. The minimum absolute atomic E-state index is 0.00690. The fraction of sp³-hybridized carbons (Fsp3) is 0.385. The molecule has 2 atom stereocenters. The first-order valence-electron chi connectivity index (χ1n) is 11.6. The van der Waals surface area contributed by atoms with Crippen molar-refractivity contribution in [2.45, 2.75) is 45.6 Å². The quantitative estimate of drug-likeness (QED) is 0.547. The molecule has 1 N–H and O–H groups in total. The number of ether oxygens (including phenoxy) is 3. The summed E-state index contributed by atoms with van der Waals surface area (Å²) in [5.74, 6) is 1.93. The van der Waals surface area contributed by atoms with E-state index in [0.717, 1.165) is 47.7 Å². The van der Waals surface area contributed by atoms with E-state index in [1.165, 1.54) is 0 Å². The van der Waals surface area contributed by atoms with Crippen LogP contribution in [0.2, 0.25) is 0 Å². The topological polar surface area (TPSA) is 86.1 Å². The maximum absolute atomic E-state index is 13.5. The zero-order chi connectivity index (χ0) is 23.7. The van der Waals surface area contributed by atoms with Crippen LogP contribution in [-0.2, 0) is 11.3 Å². The third kappa shape index (κ3) is 4.21. The molecule has 0 spiro atoms. The van der Waals surface area contributed by atoms with Gasteiger partial charge in [-0.3, -0.25) is 4.79 Å². The minimum atomic E-state index is -0.350. The first-order valence-corrected chi connectivity index (χ1v) is 11.6. The number of rotatable bonds is 7. The molecular formula is C26H29N3O5. The van der Waals surface area contributed by atoms with E-state index >= 15 is 0 Å². The first-order chi connectivity index (χ1) is 16.5. The number of nitrogens with one attached hydrogen (secondary N) is 1. The molecule has 0 bridgehead atoms. The van der Waals surface area contributed by atoms with Crippen LogP contribution < -0.4 is 14.8 Å². The summed E-state index contributed by atoms with van der Waals surface area (Å²) >= 11 is 0. The molecule has 1 aromatic heterocycles. The van der Waals surface area contributed by atoms with Crippen LogP contribution in [-0.4, -0.2) is 42.3 Å².